The lowest BCUT2D eigenvalue weighted by Crippen LogP contribution is -2.40. The first-order valence-corrected chi connectivity index (χ1v) is 14.2. The maximum Gasteiger partial charge on any atom is 0.178 e. The van der Waals surface area contributed by atoms with E-state index in [0.29, 0.717) is 28.9 Å². The molecule has 0 atom stereocenters. The number of nitrogens with zero attached hydrogens (tertiary/aromatic N) is 3. The summed E-state index contributed by atoms with van der Waals surface area (Å²) >= 11 is 6.06. The first kappa shape index (κ1) is 27.3. The fourth-order valence-corrected chi connectivity index (χ4v) is 4.57. The second-order valence-electron chi connectivity index (χ2n) is 9.60. The number of allylic oxidation sites excluding steroid dienone is 1. The molecule has 0 unspecified atom stereocenters. The van der Waals surface area contributed by atoms with Crippen molar-refractivity contribution in [3.05, 3.63) is 83.8 Å². The van der Waals surface area contributed by atoms with Crippen LogP contribution < -0.4 is 10.1 Å². The fraction of sp³-hybridized carbons (Fsp3) is 0.250. The normalized spacial score (nSPS) is 11.9. The highest BCUT2D eigenvalue weighted by Crippen LogP contribution is 2.31. The van der Waals surface area contributed by atoms with Crippen molar-refractivity contribution in [3.63, 3.8) is 0 Å². The van der Waals surface area contributed by atoms with E-state index in [1.807, 2.05) is 54.1 Å². The van der Waals surface area contributed by atoms with Crippen LogP contribution in [0.25, 0.3) is 11.0 Å². The van der Waals surface area contributed by atoms with Crippen molar-refractivity contribution in [1.82, 2.24) is 14.5 Å². The van der Waals surface area contributed by atoms with E-state index in [1.54, 1.807) is 12.1 Å². The molecule has 0 aliphatic rings. The van der Waals surface area contributed by atoms with Crippen LogP contribution in [0, 0.1) is 6.92 Å². The van der Waals surface area contributed by atoms with Crippen LogP contribution in [0.5, 0.6) is 11.5 Å². The largest absolute Gasteiger partial charge is 0.457 e. The van der Waals surface area contributed by atoms with E-state index in [0.717, 1.165) is 28.5 Å². The van der Waals surface area contributed by atoms with Crippen molar-refractivity contribution in [2.45, 2.75) is 38.5 Å². The molecule has 4 aromatic rings. The third-order valence-electron chi connectivity index (χ3n) is 6.46. The quantitative estimate of drug-likeness (QED) is 0.231. The third kappa shape index (κ3) is 5.74. The number of Topliss-reactive ketones (excluding diaryl/α,β-unsaturated/α-hetero) is 1. The SMILES string of the molecule is C=C(CCn1ccc2ncnc(Nc3ccc(Oc4cccc(Cl)c4)c(C)c3)c21)C(=O)C(C)(C)S(C)(=O)=O. The number of rotatable bonds is 10. The van der Waals surface area contributed by atoms with Crippen molar-refractivity contribution in [1.29, 1.82) is 0 Å². The molecule has 8 nitrogen and oxygen atoms in total. The summed E-state index contributed by atoms with van der Waals surface area (Å²) in [5, 5.41) is 3.95. The smallest absolute Gasteiger partial charge is 0.178 e. The number of nitrogens with one attached hydrogen (secondary N) is 1. The first-order valence-electron chi connectivity index (χ1n) is 11.9. The molecule has 0 spiro atoms. The molecule has 0 fully saturated rings. The van der Waals surface area contributed by atoms with Gasteiger partial charge in [-0.1, -0.05) is 24.2 Å². The zero-order chi connectivity index (χ0) is 27.7. The summed E-state index contributed by atoms with van der Waals surface area (Å²) in [5.74, 6) is 1.46. The van der Waals surface area contributed by atoms with Gasteiger partial charge in [0.15, 0.2) is 21.4 Å². The molecule has 4 rings (SSSR count). The molecular formula is C28H29ClN4O4S. The van der Waals surface area contributed by atoms with Crippen LogP contribution in [0.15, 0.2) is 73.2 Å². The number of ether oxygens (including phenoxy) is 1. The maximum atomic E-state index is 12.8. The van der Waals surface area contributed by atoms with Gasteiger partial charge in [-0.15, -0.1) is 0 Å². The molecule has 0 saturated carbocycles. The van der Waals surface area contributed by atoms with E-state index in [9.17, 15) is 13.2 Å². The van der Waals surface area contributed by atoms with E-state index in [1.165, 1.54) is 20.2 Å². The Hall–Kier alpha value is -3.69. The van der Waals surface area contributed by atoms with Crippen molar-refractivity contribution >= 4 is 49.8 Å². The Labute approximate surface area is 227 Å². The highest BCUT2D eigenvalue weighted by molar-refractivity contribution is 7.92. The molecule has 2 aromatic carbocycles. The number of anilines is 2. The maximum absolute atomic E-state index is 12.8. The molecule has 0 amide bonds. The van der Waals surface area contributed by atoms with Gasteiger partial charge < -0.3 is 14.6 Å². The molecular weight excluding hydrogens is 524 g/mol. The second kappa shape index (κ2) is 10.6. The van der Waals surface area contributed by atoms with Crippen LogP contribution in [-0.2, 0) is 21.2 Å². The molecule has 38 heavy (non-hydrogen) atoms. The Balaban J connectivity index is 1.53. The Kier molecular flexibility index (Phi) is 7.62. The van der Waals surface area contributed by atoms with E-state index < -0.39 is 20.4 Å². The molecule has 2 aromatic heterocycles. The van der Waals surface area contributed by atoms with Crippen molar-refractivity contribution in [2.75, 3.05) is 11.6 Å². The molecule has 0 saturated heterocycles. The summed E-state index contributed by atoms with van der Waals surface area (Å²) in [4.78, 5) is 21.6. The van der Waals surface area contributed by atoms with Gasteiger partial charge in [-0.05, 0) is 80.8 Å². The average Bonchev–Trinajstić information content (AvgIpc) is 3.27. The van der Waals surface area contributed by atoms with Gasteiger partial charge in [-0.2, -0.15) is 0 Å². The molecule has 2 heterocycles. The number of fused-ring (bicyclic) bond motifs is 1. The number of aryl methyl sites for hydroxylation is 2. The van der Waals surface area contributed by atoms with Crippen LogP contribution in [-0.4, -0.2) is 39.7 Å². The second-order valence-corrected chi connectivity index (χ2v) is 12.6. The number of hydrogen-bond acceptors (Lipinski definition) is 7. The molecule has 0 radical (unpaired) electrons. The van der Waals surface area contributed by atoms with Gasteiger partial charge >= 0.3 is 0 Å². The van der Waals surface area contributed by atoms with Crippen LogP contribution in [0.3, 0.4) is 0 Å². The van der Waals surface area contributed by atoms with E-state index in [-0.39, 0.29) is 12.0 Å². The molecule has 198 valence electrons. The van der Waals surface area contributed by atoms with Crippen LogP contribution in [0.4, 0.5) is 11.5 Å². The Bertz CT molecular complexity index is 1640. The van der Waals surface area contributed by atoms with Crippen LogP contribution in [0.2, 0.25) is 5.02 Å². The minimum Gasteiger partial charge on any atom is -0.457 e. The van der Waals surface area contributed by atoms with E-state index in [4.69, 9.17) is 16.3 Å². The van der Waals surface area contributed by atoms with Gasteiger partial charge in [0, 0.05) is 29.7 Å². The summed E-state index contributed by atoms with van der Waals surface area (Å²) in [6, 6.07) is 14.8. The number of ketones is 1. The Morgan fingerprint density at radius 1 is 1.16 bits per heavy atom. The predicted octanol–water partition coefficient (Wildman–Crippen LogP) is 6.27. The zero-order valence-corrected chi connectivity index (χ0v) is 23.2. The van der Waals surface area contributed by atoms with Gasteiger partial charge in [0.05, 0.1) is 5.52 Å². The molecule has 1 N–H and O–H groups in total. The van der Waals surface area contributed by atoms with Gasteiger partial charge in [-0.3, -0.25) is 4.79 Å². The standard InChI is InChI=1S/C28H29ClN4O4S/c1-18(26(34)28(3,4)38(5,35)36)11-13-33-14-12-23-25(33)27(31-17-30-23)32-21-9-10-24(19(2)15-21)37-22-8-6-7-20(29)16-22/h6-10,12,14-17H,1,11,13H2,2-5H3,(H,30,31,32). The topological polar surface area (TPSA) is 103 Å². The lowest BCUT2D eigenvalue weighted by molar-refractivity contribution is -0.117. The summed E-state index contributed by atoms with van der Waals surface area (Å²) in [7, 11) is -3.58. The van der Waals surface area contributed by atoms with E-state index in [2.05, 4.69) is 21.9 Å². The van der Waals surface area contributed by atoms with E-state index >= 15 is 0 Å². The first-order chi connectivity index (χ1) is 17.9. The third-order valence-corrected chi connectivity index (χ3v) is 8.74. The monoisotopic (exact) mass is 552 g/mol. The van der Waals surface area contributed by atoms with Gasteiger partial charge in [-0.25, -0.2) is 18.4 Å². The van der Waals surface area contributed by atoms with Gasteiger partial charge in [0.25, 0.3) is 0 Å². The van der Waals surface area contributed by atoms with Crippen LogP contribution >= 0.6 is 11.6 Å². The van der Waals surface area contributed by atoms with Crippen molar-refractivity contribution < 1.29 is 17.9 Å². The minimum atomic E-state index is -3.58. The fourth-order valence-electron chi connectivity index (χ4n) is 3.91. The number of halogens is 1. The summed E-state index contributed by atoms with van der Waals surface area (Å²) in [6.07, 6.45) is 4.68. The summed E-state index contributed by atoms with van der Waals surface area (Å²) in [6.45, 7) is 9.03. The highest BCUT2D eigenvalue weighted by atomic mass is 35.5. The summed E-state index contributed by atoms with van der Waals surface area (Å²) in [5.41, 5.74) is 3.46. The number of hydrogen-bond donors (Lipinski definition) is 1. The molecule has 0 bridgehead atoms. The molecule has 10 heteroatoms. The van der Waals surface area contributed by atoms with Crippen molar-refractivity contribution in [2.24, 2.45) is 0 Å². The van der Waals surface area contributed by atoms with Gasteiger partial charge in [0.2, 0.25) is 0 Å². The number of aromatic nitrogens is 3. The molecule has 0 aliphatic carbocycles. The van der Waals surface area contributed by atoms with Crippen LogP contribution in [0.1, 0.15) is 25.8 Å². The molecule has 0 aliphatic heterocycles. The summed E-state index contributed by atoms with van der Waals surface area (Å²) < 4.78 is 30.5. The average molecular weight is 553 g/mol. The number of carbonyl (C=O) groups excluding carboxylic acids is 1. The minimum absolute atomic E-state index is 0.250. The van der Waals surface area contributed by atoms with Gasteiger partial charge in [0.1, 0.15) is 28.1 Å². The number of benzene rings is 2. The Morgan fingerprint density at radius 2 is 1.92 bits per heavy atom. The lowest BCUT2D eigenvalue weighted by Gasteiger charge is -2.22. The number of sulfone groups is 1. The number of carbonyl (C=O) groups is 1. The zero-order valence-electron chi connectivity index (χ0n) is 21.7. The van der Waals surface area contributed by atoms with Crippen molar-refractivity contribution in [3.8, 4) is 11.5 Å². The highest BCUT2D eigenvalue weighted by Gasteiger charge is 2.39. The Morgan fingerprint density at radius 3 is 2.61 bits per heavy atom. The lowest BCUT2D eigenvalue weighted by atomic mass is 9.99. The predicted molar refractivity (Wildman–Crippen MR) is 151 cm³/mol.